The van der Waals surface area contributed by atoms with Gasteiger partial charge in [0.2, 0.25) is 12.7 Å². The molecule has 1 fully saturated rings. The molecule has 4 rings (SSSR count). The van der Waals surface area contributed by atoms with Gasteiger partial charge in [0.15, 0.2) is 11.5 Å². The van der Waals surface area contributed by atoms with Crippen LogP contribution in [0.2, 0.25) is 0 Å². The number of benzene rings is 1. The van der Waals surface area contributed by atoms with E-state index in [-0.39, 0.29) is 38.0 Å². The molecule has 2 N–H and O–H groups in total. The number of aromatic nitrogens is 1. The minimum absolute atomic E-state index is 0.136. The first-order chi connectivity index (χ1) is 14.0. The lowest BCUT2D eigenvalue weighted by atomic mass is 10.1. The number of nitrogens with zero attached hydrogens (tertiary/aromatic N) is 2. The second-order valence-electron chi connectivity index (χ2n) is 7.04. The van der Waals surface area contributed by atoms with E-state index in [0.717, 1.165) is 16.2 Å². The van der Waals surface area contributed by atoms with Gasteiger partial charge in [-0.2, -0.15) is 0 Å². The van der Waals surface area contributed by atoms with Crippen LogP contribution < -0.4 is 20.1 Å². The van der Waals surface area contributed by atoms with Crippen LogP contribution in [0, 0.1) is 0 Å². The molecule has 0 aliphatic carbocycles. The molecular weight excluding hydrogens is 376 g/mol. The van der Waals surface area contributed by atoms with Crippen LogP contribution >= 0.6 is 0 Å². The molecule has 0 bridgehead atoms. The number of urea groups is 1. The van der Waals surface area contributed by atoms with Gasteiger partial charge in [-0.25, -0.2) is 4.79 Å². The molecule has 0 spiro atoms. The molecule has 29 heavy (non-hydrogen) atoms. The zero-order valence-corrected chi connectivity index (χ0v) is 16.0. The molecule has 1 aromatic heterocycles. The summed E-state index contributed by atoms with van der Waals surface area (Å²) in [4.78, 5) is 38.1. The summed E-state index contributed by atoms with van der Waals surface area (Å²) in [6.07, 6.45) is 2.31. The maximum atomic E-state index is 12.6. The second kappa shape index (κ2) is 7.86. The number of fused-ring (bicyclic) bond motifs is 1. The van der Waals surface area contributed by atoms with Crippen LogP contribution in [0.3, 0.4) is 0 Å². The first-order valence-electron chi connectivity index (χ1n) is 9.38. The molecule has 3 heterocycles. The number of hydrogen-bond acceptors (Lipinski definition) is 5. The minimum Gasteiger partial charge on any atom is -0.454 e. The van der Waals surface area contributed by atoms with E-state index < -0.39 is 12.1 Å². The van der Waals surface area contributed by atoms with Gasteiger partial charge in [0.05, 0.1) is 13.1 Å². The van der Waals surface area contributed by atoms with Crippen LogP contribution in [0.25, 0.3) is 0 Å². The predicted molar refractivity (Wildman–Crippen MR) is 102 cm³/mol. The van der Waals surface area contributed by atoms with E-state index in [1.807, 2.05) is 29.9 Å². The Hall–Kier alpha value is -3.49. The van der Waals surface area contributed by atoms with Gasteiger partial charge in [-0.15, -0.1) is 0 Å². The molecule has 4 amide bonds. The van der Waals surface area contributed by atoms with Crippen molar-refractivity contribution in [2.24, 2.45) is 7.05 Å². The van der Waals surface area contributed by atoms with Crippen molar-refractivity contribution in [3.05, 3.63) is 47.8 Å². The van der Waals surface area contributed by atoms with Gasteiger partial charge < -0.3 is 24.7 Å². The molecule has 2 aliphatic rings. The Morgan fingerprint density at radius 3 is 2.86 bits per heavy atom. The van der Waals surface area contributed by atoms with E-state index in [2.05, 4.69) is 10.6 Å². The number of nitrogens with one attached hydrogen (secondary N) is 2. The van der Waals surface area contributed by atoms with Gasteiger partial charge in [0, 0.05) is 25.4 Å². The molecule has 0 unspecified atom stereocenters. The monoisotopic (exact) mass is 398 g/mol. The standard InChI is InChI=1S/C20H22N4O5/c1-23-8-2-3-14(23)10-21-18(25)7-5-15-19(26)24(20(27)22-15)11-13-4-6-16-17(9-13)29-12-28-16/h2-4,6,8-9,15H,5,7,10-12H2,1H3,(H,21,25)(H,22,27)/t15-/m0/s1. The Morgan fingerprint density at radius 2 is 2.07 bits per heavy atom. The predicted octanol–water partition coefficient (Wildman–Crippen LogP) is 1.27. The highest BCUT2D eigenvalue weighted by Gasteiger charge is 2.38. The highest BCUT2D eigenvalue weighted by atomic mass is 16.7. The van der Waals surface area contributed by atoms with Crippen molar-refractivity contribution in [1.82, 2.24) is 20.1 Å². The van der Waals surface area contributed by atoms with E-state index in [4.69, 9.17) is 9.47 Å². The van der Waals surface area contributed by atoms with Crippen LogP contribution in [0.4, 0.5) is 4.79 Å². The zero-order chi connectivity index (χ0) is 20.4. The van der Waals surface area contributed by atoms with Crippen molar-refractivity contribution in [3.63, 3.8) is 0 Å². The number of hydrogen-bond donors (Lipinski definition) is 2. The van der Waals surface area contributed by atoms with Crippen LogP contribution in [0.1, 0.15) is 24.1 Å². The fraction of sp³-hybridized carbons (Fsp3) is 0.350. The Bertz CT molecular complexity index is 954. The lowest BCUT2D eigenvalue weighted by Gasteiger charge is -2.13. The van der Waals surface area contributed by atoms with E-state index in [0.29, 0.717) is 18.0 Å². The highest BCUT2D eigenvalue weighted by Crippen LogP contribution is 2.33. The highest BCUT2D eigenvalue weighted by molar-refractivity contribution is 6.04. The molecule has 152 valence electrons. The van der Waals surface area contributed by atoms with Crippen LogP contribution in [-0.2, 0) is 29.7 Å². The number of imide groups is 1. The summed E-state index contributed by atoms with van der Waals surface area (Å²) in [6.45, 7) is 0.719. The number of amides is 4. The van der Waals surface area contributed by atoms with Crippen LogP contribution in [0.5, 0.6) is 11.5 Å². The van der Waals surface area contributed by atoms with Gasteiger partial charge in [-0.05, 0) is 36.2 Å². The quantitative estimate of drug-likeness (QED) is 0.684. The summed E-state index contributed by atoms with van der Waals surface area (Å²) in [5.41, 5.74) is 1.75. The maximum absolute atomic E-state index is 12.6. The minimum atomic E-state index is -0.697. The Balaban J connectivity index is 1.28. The Morgan fingerprint density at radius 1 is 1.24 bits per heavy atom. The molecule has 2 aliphatic heterocycles. The fourth-order valence-electron chi connectivity index (χ4n) is 3.38. The van der Waals surface area contributed by atoms with Crippen molar-refractivity contribution in [3.8, 4) is 11.5 Å². The summed E-state index contributed by atoms with van der Waals surface area (Å²) in [6, 6.07) is 7.98. The first-order valence-corrected chi connectivity index (χ1v) is 9.38. The van der Waals surface area contributed by atoms with E-state index in [9.17, 15) is 14.4 Å². The topological polar surface area (TPSA) is 102 Å². The SMILES string of the molecule is Cn1cccc1CNC(=O)CC[C@@H]1NC(=O)N(Cc2ccc3c(c2)OCO3)C1=O. The largest absolute Gasteiger partial charge is 0.454 e. The van der Waals surface area contributed by atoms with Gasteiger partial charge in [0.25, 0.3) is 5.91 Å². The third-order valence-electron chi connectivity index (χ3n) is 5.06. The van der Waals surface area contributed by atoms with E-state index in [1.165, 1.54) is 0 Å². The van der Waals surface area contributed by atoms with Crippen molar-refractivity contribution in [2.75, 3.05) is 6.79 Å². The Kier molecular flexibility index (Phi) is 5.11. The lowest BCUT2D eigenvalue weighted by molar-refractivity contribution is -0.128. The molecule has 9 nitrogen and oxygen atoms in total. The Labute approximate surface area is 167 Å². The number of rotatable bonds is 7. The third kappa shape index (κ3) is 4.03. The van der Waals surface area contributed by atoms with Gasteiger partial charge in [-0.1, -0.05) is 6.07 Å². The molecule has 2 aromatic rings. The average molecular weight is 398 g/mol. The normalized spacial score (nSPS) is 17.6. The summed E-state index contributed by atoms with van der Waals surface area (Å²) >= 11 is 0. The van der Waals surface area contributed by atoms with Crippen molar-refractivity contribution >= 4 is 17.8 Å². The van der Waals surface area contributed by atoms with Crippen LogP contribution in [-0.4, -0.2) is 40.1 Å². The summed E-state index contributed by atoms with van der Waals surface area (Å²) < 4.78 is 12.5. The third-order valence-corrected chi connectivity index (χ3v) is 5.06. The maximum Gasteiger partial charge on any atom is 0.325 e. The average Bonchev–Trinajstić information content (AvgIpc) is 3.40. The second-order valence-corrected chi connectivity index (χ2v) is 7.04. The summed E-state index contributed by atoms with van der Waals surface area (Å²) in [5.74, 6) is 0.747. The molecule has 1 atom stereocenters. The smallest absolute Gasteiger partial charge is 0.325 e. The first kappa shape index (κ1) is 18.9. The van der Waals surface area contributed by atoms with E-state index >= 15 is 0 Å². The van der Waals surface area contributed by atoms with Crippen molar-refractivity contribution in [1.29, 1.82) is 0 Å². The van der Waals surface area contributed by atoms with Gasteiger partial charge in [0.1, 0.15) is 6.04 Å². The summed E-state index contributed by atoms with van der Waals surface area (Å²) in [5, 5.41) is 5.49. The molecule has 0 saturated carbocycles. The van der Waals surface area contributed by atoms with Crippen molar-refractivity contribution in [2.45, 2.75) is 32.0 Å². The number of carbonyl (C=O) groups excluding carboxylic acids is 3. The number of ether oxygens (including phenoxy) is 2. The molecule has 9 heteroatoms. The van der Waals surface area contributed by atoms with Crippen LogP contribution in [0.15, 0.2) is 36.5 Å². The lowest BCUT2D eigenvalue weighted by Crippen LogP contribution is -2.32. The van der Waals surface area contributed by atoms with Crippen molar-refractivity contribution < 1.29 is 23.9 Å². The number of carbonyl (C=O) groups is 3. The van der Waals surface area contributed by atoms with Gasteiger partial charge in [-0.3, -0.25) is 14.5 Å². The molecule has 1 saturated heterocycles. The van der Waals surface area contributed by atoms with Gasteiger partial charge >= 0.3 is 6.03 Å². The molecular formula is C20H22N4O5. The fourth-order valence-corrected chi connectivity index (χ4v) is 3.38. The number of aryl methyl sites for hydroxylation is 1. The zero-order valence-electron chi connectivity index (χ0n) is 16.0. The van der Waals surface area contributed by atoms with E-state index in [1.54, 1.807) is 18.2 Å². The molecule has 1 aromatic carbocycles. The molecule has 0 radical (unpaired) electrons. The summed E-state index contributed by atoms with van der Waals surface area (Å²) in [7, 11) is 1.91.